The Hall–Kier alpha value is -0.770. The van der Waals surface area contributed by atoms with E-state index in [-0.39, 0.29) is 0 Å². The zero-order valence-electron chi connectivity index (χ0n) is 8.74. The van der Waals surface area contributed by atoms with Gasteiger partial charge in [0.05, 0.1) is 23.3 Å². The molecule has 0 aliphatic carbocycles. The number of hydrogen-bond acceptors (Lipinski definition) is 3. The van der Waals surface area contributed by atoms with Gasteiger partial charge in [0.1, 0.15) is 5.75 Å². The van der Waals surface area contributed by atoms with Crippen LogP contribution < -0.4 is 4.74 Å². The van der Waals surface area contributed by atoms with Crippen molar-refractivity contribution in [1.29, 1.82) is 0 Å². The van der Waals surface area contributed by atoms with Crippen molar-refractivity contribution in [1.82, 2.24) is 0 Å². The Kier molecular flexibility index (Phi) is 5.06. The van der Waals surface area contributed by atoms with Crippen LogP contribution in [0.15, 0.2) is 12.1 Å². The number of aldehydes is 1. The summed E-state index contributed by atoms with van der Waals surface area (Å²) in [6, 6.07) is 2.99. The highest BCUT2D eigenvalue weighted by Crippen LogP contribution is 2.31. The van der Waals surface area contributed by atoms with Crippen molar-refractivity contribution < 1.29 is 14.6 Å². The largest absolute Gasteiger partial charge is 0.491 e. The smallest absolute Gasteiger partial charge is 0.153 e. The van der Waals surface area contributed by atoms with Crippen molar-refractivity contribution in [3.05, 3.63) is 27.7 Å². The number of carbonyl (C=O) groups excluding carboxylic acids is 1. The lowest BCUT2D eigenvalue weighted by Crippen LogP contribution is -2.08. The fraction of sp³-hybridized carbons (Fsp3) is 0.364. The van der Waals surface area contributed by atoms with Crippen molar-refractivity contribution in [2.75, 3.05) is 6.61 Å². The van der Waals surface area contributed by atoms with Gasteiger partial charge in [-0.2, -0.15) is 0 Å². The maximum absolute atomic E-state index is 10.8. The van der Waals surface area contributed by atoms with Gasteiger partial charge in [-0.3, -0.25) is 4.79 Å². The van der Waals surface area contributed by atoms with E-state index in [1.807, 2.05) is 0 Å². The van der Waals surface area contributed by atoms with Crippen LogP contribution in [0.3, 0.4) is 0 Å². The summed E-state index contributed by atoms with van der Waals surface area (Å²) in [7, 11) is 0. The lowest BCUT2D eigenvalue weighted by molar-refractivity contribution is 0.111. The monoisotopic (exact) mass is 262 g/mol. The molecule has 0 aromatic heterocycles. The van der Waals surface area contributed by atoms with Gasteiger partial charge in [0.25, 0.3) is 0 Å². The Balaban J connectivity index is 2.81. The minimum absolute atomic E-state index is 0.292. The Labute approximate surface area is 104 Å². The third kappa shape index (κ3) is 3.67. The Morgan fingerprint density at radius 3 is 2.75 bits per heavy atom. The minimum Gasteiger partial charge on any atom is -0.491 e. The number of hydrogen-bond donors (Lipinski definition) is 1. The first-order valence-corrected chi connectivity index (χ1v) is 5.55. The normalized spacial score (nSPS) is 12.2. The van der Waals surface area contributed by atoms with E-state index in [1.54, 1.807) is 6.92 Å². The SMILES string of the molecule is CC(O)CCOc1c(Cl)cc(Cl)cc1C=O. The molecular weight excluding hydrogens is 251 g/mol. The summed E-state index contributed by atoms with van der Waals surface area (Å²) in [5.74, 6) is 0.307. The highest BCUT2D eigenvalue weighted by molar-refractivity contribution is 6.36. The highest BCUT2D eigenvalue weighted by Gasteiger charge is 2.10. The molecule has 0 fully saturated rings. The van der Waals surface area contributed by atoms with Gasteiger partial charge >= 0.3 is 0 Å². The lowest BCUT2D eigenvalue weighted by Gasteiger charge is -2.11. The second kappa shape index (κ2) is 6.09. The molecule has 1 aromatic rings. The van der Waals surface area contributed by atoms with E-state index >= 15 is 0 Å². The molecule has 3 nitrogen and oxygen atoms in total. The van der Waals surface area contributed by atoms with Gasteiger partial charge in [-0.1, -0.05) is 23.2 Å². The van der Waals surface area contributed by atoms with Gasteiger partial charge in [0.2, 0.25) is 0 Å². The third-order valence-electron chi connectivity index (χ3n) is 1.95. The number of benzene rings is 1. The summed E-state index contributed by atoms with van der Waals surface area (Å²) in [5.41, 5.74) is 0.308. The van der Waals surface area contributed by atoms with Crippen molar-refractivity contribution >= 4 is 29.5 Å². The Bertz CT molecular complexity index is 378. The third-order valence-corrected chi connectivity index (χ3v) is 2.45. The summed E-state index contributed by atoms with van der Waals surface area (Å²) < 4.78 is 5.34. The van der Waals surface area contributed by atoms with Crippen molar-refractivity contribution in [2.24, 2.45) is 0 Å². The minimum atomic E-state index is -0.453. The summed E-state index contributed by atoms with van der Waals surface area (Å²) in [6.07, 6.45) is 0.651. The molecule has 0 saturated heterocycles. The van der Waals surface area contributed by atoms with Crippen LogP contribution in [-0.2, 0) is 0 Å². The summed E-state index contributed by atoms with van der Waals surface area (Å²) >= 11 is 11.6. The number of ether oxygens (including phenoxy) is 1. The van der Waals surface area contributed by atoms with Crippen molar-refractivity contribution in [3.8, 4) is 5.75 Å². The number of rotatable bonds is 5. The van der Waals surface area contributed by atoms with Crippen LogP contribution in [0.2, 0.25) is 10.0 Å². The van der Waals surface area contributed by atoms with Gasteiger partial charge in [-0.05, 0) is 19.1 Å². The zero-order chi connectivity index (χ0) is 12.1. The second-order valence-electron chi connectivity index (χ2n) is 3.41. The molecule has 0 heterocycles. The van der Waals surface area contributed by atoms with Crippen LogP contribution in [0.4, 0.5) is 0 Å². The maximum Gasteiger partial charge on any atom is 0.153 e. The van der Waals surface area contributed by atoms with E-state index < -0.39 is 6.10 Å². The molecule has 0 radical (unpaired) electrons. The van der Waals surface area contributed by atoms with Gasteiger partial charge in [-0.15, -0.1) is 0 Å². The van der Waals surface area contributed by atoms with E-state index in [4.69, 9.17) is 33.0 Å². The molecule has 0 aliphatic rings. The van der Waals surface area contributed by atoms with Crippen molar-refractivity contribution in [2.45, 2.75) is 19.4 Å². The van der Waals surface area contributed by atoms with E-state index in [0.29, 0.717) is 40.7 Å². The molecule has 5 heteroatoms. The molecule has 0 amide bonds. The molecule has 0 aliphatic heterocycles. The standard InChI is InChI=1S/C11H12Cl2O3/c1-7(15)2-3-16-11-8(6-14)4-9(12)5-10(11)13/h4-7,15H,2-3H2,1H3. The van der Waals surface area contributed by atoms with E-state index in [9.17, 15) is 4.79 Å². The predicted octanol–water partition coefficient (Wildman–Crippen LogP) is 2.96. The topological polar surface area (TPSA) is 46.5 Å². The van der Waals surface area contributed by atoms with Crippen molar-refractivity contribution in [3.63, 3.8) is 0 Å². The molecule has 0 bridgehead atoms. The number of aliphatic hydroxyl groups is 1. The van der Waals surface area contributed by atoms with Crippen LogP contribution in [0, 0.1) is 0 Å². The van der Waals surface area contributed by atoms with Crippen LogP contribution in [0.5, 0.6) is 5.75 Å². The van der Waals surface area contributed by atoms with Gasteiger partial charge in [0.15, 0.2) is 6.29 Å². The van der Waals surface area contributed by atoms with Gasteiger partial charge < -0.3 is 9.84 Å². The molecule has 16 heavy (non-hydrogen) atoms. The summed E-state index contributed by atoms with van der Waals surface area (Å²) in [5, 5.41) is 9.74. The zero-order valence-corrected chi connectivity index (χ0v) is 10.3. The first-order chi connectivity index (χ1) is 7.54. The van der Waals surface area contributed by atoms with Crippen LogP contribution >= 0.6 is 23.2 Å². The number of aliphatic hydroxyl groups excluding tert-OH is 1. The Morgan fingerprint density at radius 1 is 1.50 bits per heavy atom. The average molecular weight is 263 g/mol. The molecular formula is C11H12Cl2O3. The van der Waals surface area contributed by atoms with E-state index in [1.165, 1.54) is 12.1 Å². The fourth-order valence-electron chi connectivity index (χ4n) is 1.15. The quantitative estimate of drug-likeness (QED) is 0.831. The average Bonchev–Trinajstić information content (AvgIpc) is 2.20. The second-order valence-corrected chi connectivity index (χ2v) is 4.25. The first-order valence-electron chi connectivity index (χ1n) is 4.79. The van der Waals surface area contributed by atoms with Gasteiger partial charge in [-0.25, -0.2) is 0 Å². The molecule has 88 valence electrons. The van der Waals surface area contributed by atoms with Crippen LogP contribution in [-0.4, -0.2) is 24.1 Å². The van der Waals surface area contributed by atoms with E-state index in [0.717, 1.165) is 0 Å². The summed E-state index contributed by atoms with van der Waals surface area (Å²) in [6.45, 7) is 1.95. The molecule has 1 unspecified atom stereocenters. The first kappa shape index (κ1) is 13.3. The predicted molar refractivity (Wildman–Crippen MR) is 63.6 cm³/mol. The molecule has 1 N–H and O–H groups in total. The maximum atomic E-state index is 10.8. The highest BCUT2D eigenvalue weighted by atomic mass is 35.5. The number of carbonyl (C=O) groups is 1. The van der Waals surface area contributed by atoms with Gasteiger partial charge in [0, 0.05) is 11.4 Å². The molecule has 0 saturated carbocycles. The van der Waals surface area contributed by atoms with Crippen LogP contribution in [0.25, 0.3) is 0 Å². The molecule has 0 spiro atoms. The summed E-state index contributed by atoms with van der Waals surface area (Å²) in [4.78, 5) is 10.8. The number of halogens is 2. The fourth-order valence-corrected chi connectivity index (χ4v) is 1.72. The van der Waals surface area contributed by atoms with E-state index in [2.05, 4.69) is 0 Å². The lowest BCUT2D eigenvalue weighted by atomic mass is 10.2. The molecule has 1 atom stereocenters. The van der Waals surface area contributed by atoms with Crippen LogP contribution in [0.1, 0.15) is 23.7 Å². The Morgan fingerprint density at radius 2 is 2.19 bits per heavy atom. The molecule has 1 rings (SSSR count). The molecule has 1 aromatic carbocycles.